The van der Waals surface area contributed by atoms with Crippen LogP contribution in [-0.2, 0) is 4.79 Å². The van der Waals surface area contributed by atoms with Gasteiger partial charge in [0.05, 0.1) is 5.75 Å². The number of carbonyl (C=O) groups excluding carboxylic acids is 1. The van der Waals surface area contributed by atoms with Crippen LogP contribution in [0.3, 0.4) is 0 Å². The molecule has 0 radical (unpaired) electrons. The third-order valence-corrected chi connectivity index (χ3v) is 4.08. The van der Waals surface area contributed by atoms with Gasteiger partial charge in [-0.2, -0.15) is 11.8 Å². The Kier molecular flexibility index (Phi) is 5.69. The predicted molar refractivity (Wildman–Crippen MR) is 83.1 cm³/mol. The summed E-state index contributed by atoms with van der Waals surface area (Å²) in [5.74, 6) is 1.20. The van der Waals surface area contributed by atoms with Crippen LogP contribution in [0.2, 0.25) is 0 Å². The number of thioether (sulfide) groups is 1. The van der Waals surface area contributed by atoms with Gasteiger partial charge in [-0.1, -0.05) is 15.9 Å². The number of nitrogens with one attached hydrogen (secondary N) is 1. The van der Waals surface area contributed by atoms with Crippen LogP contribution in [0.1, 0.15) is 19.4 Å². The average molecular weight is 331 g/mol. The number of aryl methyl sites for hydroxylation is 1. The first-order chi connectivity index (χ1) is 8.28. The first kappa shape index (κ1) is 15.5. The number of carbonyl (C=O) groups is 1. The fraction of sp³-hybridized carbons (Fsp3) is 0.462. The molecular formula is C13H19BrN2OS. The molecule has 1 aromatic rings. The van der Waals surface area contributed by atoms with E-state index < -0.39 is 0 Å². The van der Waals surface area contributed by atoms with Gasteiger partial charge in [-0.25, -0.2) is 0 Å². The maximum Gasteiger partial charge on any atom is 0.234 e. The average Bonchev–Trinajstić information content (AvgIpc) is 2.20. The summed E-state index contributed by atoms with van der Waals surface area (Å²) in [5.41, 5.74) is 7.52. The van der Waals surface area contributed by atoms with Crippen molar-refractivity contribution >= 4 is 39.3 Å². The molecule has 0 atom stereocenters. The maximum atomic E-state index is 11.8. The molecule has 0 saturated carbocycles. The minimum absolute atomic E-state index is 0.00896. The normalized spacial score (nSPS) is 11.4. The second-order valence-corrected chi connectivity index (χ2v) is 6.89. The van der Waals surface area contributed by atoms with Crippen LogP contribution in [0.15, 0.2) is 22.7 Å². The number of hydrogen-bond acceptors (Lipinski definition) is 3. The van der Waals surface area contributed by atoms with Crippen molar-refractivity contribution in [3.8, 4) is 0 Å². The van der Waals surface area contributed by atoms with Crippen LogP contribution >= 0.6 is 27.7 Å². The summed E-state index contributed by atoms with van der Waals surface area (Å²) in [4.78, 5) is 11.8. The Hall–Kier alpha value is -0.520. The van der Waals surface area contributed by atoms with E-state index in [9.17, 15) is 4.79 Å². The lowest BCUT2D eigenvalue weighted by Gasteiger charge is -2.17. The lowest BCUT2D eigenvalue weighted by Crippen LogP contribution is -2.35. The SMILES string of the molecule is Cc1cc(Br)ccc1NC(=O)CSCC(C)(C)N. The molecule has 0 saturated heterocycles. The molecule has 0 spiro atoms. The molecule has 0 aliphatic heterocycles. The zero-order valence-corrected chi connectivity index (χ0v) is 13.3. The Morgan fingerprint density at radius 1 is 1.50 bits per heavy atom. The molecule has 5 heteroatoms. The van der Waals surface area contributed by atoms with Crippen LogP contribution in [0, 0.1) is 6.92 Å². The second kappa shape index (κ2) is 6.59. The monoisotopic (exact) mass is 330 g/mol. The molecule has 0 bridgehead atoms. The number of nitrogens with two attached hydrogens (primary N) is 1. The van der Waals surface area contributed by atoms with E-state index in [1.54, 1.807) is 11.8 Å². The molecule has 0 aliphatic rings. The standard InChI is InChI=1S/C13H19BrN2OS/c1-9-6-10(14)4-5-11(9)16-12(17)7-18-8-13(2,3)15/h4-6H,7-8,15H2,1-3H3,(H,16,17). The number of hydrogen-bond donors (Lipinski definition) is 2. The number of halogens is 1. The predicted octanol–water partition coefficient (Wildman–Crippen LogP) is 3.17. The van der Waals surface area contributed by atoms with Crippen LogP contribution in [-0.4, -0.2) is 23.0 Å². The third kappa shape index (κ3) is 5.89. The summed E-state index contributed by atoms with van der Waals surface area (Å²) < 4.78 is 1.01. The van der Waals surface area contributed by atoms with E-state index in [-0.39, 0.29) is 11.4 Å². The smallest absolute Gasteiger partial charge is 0.234 e. The van der Waals surface area contributed by atoms with E-state index >= 15 is 0 Å². The zero-order chi connectivity index (χ0) is 13.8. The largest absolute Gasteiger partial charge is 0.325 e. The van der Waals surface area contributed by atoms with E-state index in [2.05, 4.69) is 21.2 Å². The van der Waals surface area contributed by atoms with Gasteiger partial charge in [0, 0.05) is 21.5 Å². The van der Waals surface area contributed by atoms with Gasteiger partial charge < -0.3 is 11.1 Å². The van der Waals surface area contributed by atoms with Crippen LogP contribution in [0.25, 0.3) is 0 Å². The van der Waals surface area contributed by atoms with E-state index in [0.717, 1.165) is 21.5 Å². The minimum atomic E-state index is -0.238. The molecule has 0 unspecified atom stereocenters. The Balaban J connectivity index is 2.45. The van der Waals surface area contributed by atoms with E-state index in [1.165, 1.54) is 0 Å². The van der Waals surface area contributed by atoms with Gasteiger partial charge in [-0.15, -0.1) is 0 Å². The van der Waals surface area contributed by atoms with Crippen molar-refractivity contribution in [2.45, 2.75) is 26.3 Å². The van der Waals surface area contributed by atoms with Crippen molar-refractivity contribution in [3.05, 3.63) is 28.2 Å². The summed E-state index contributed by atoms with van der Waals surface area (Å²) in [5, 5.41) is 2.90. The van der Waals surface area contributed by atoms with Crippen molar-refractivity contribution in [2.75, 3.05) is 16.8 Å². The molecule has 100 valence electrons. The topological polar surface area (TPSA) is 55.1 Å². The van der Waals surface area contributed by atoms with Crippen LogP contribution < -0.4 is 11.1 Å². The molecular weight excluding hydrogens is 312 g/mol. The molecule has 0 fully saturated rings. The molecule has 18 heavy (non-hydrogen) atoms. The van der Waals surface area contributed by atoms with Crippen LogP contribution in [0.4, 0.5) is 5.69 Å². The molecule has 1 rings (SSSR count). The zero-order valence-electron chi connectivity index (χ0n) is 10.9. The molecule has 1 aromatic carbocycles. The fourth-order valence-corrected chi connectivity index (χ4v) is 2.72. The quantitative estimate of drug-likeness (QED) is 0.871. The first-order valence-corrected chi connectivity index (χ1v) is 7.65. The fourth-order valence-electron chi connectivity index (χ4n) is 1.36. The Morgan fingerprint density at radius 3 is 2.72 bits per heavy atom. The highest BCUT2D eigenvalue weighted by molar-refractivity contribution is 9.10. The molecule has 3 nitrogen and oxygen atoms in total. The van der Waals surface area contributed by atoms with Gasteiger partial charge in [0.25, 0.3) is 0 Å². The molecule has 0 aliphatic carbocycles. The number of benzene rings is 1. The van der Waals surface area contributed by atoms with Gasteiger partial charge >= 0.3 is 0 Å². The minimum Gasteiger partial charge on any atom is -0.325 e. The van der Waals surface area contributed by atoms with Crippen molar-refractivity contribution in [3.63, 3.8) is 0 Å². The lowest BCUT2D eigenvalue weighted by molar-refractivity contribution is -0.113. The van der Waals surface area contributed by atoms with Crippen molar-refractivity contribution in [1.29, 1.82) is 0 Å². The Labute approximate surface area is 121 Å². The maximum absolute atomic E-state index is 11.8. The molecule has 3 N–H and O–H groups in total. The molecule has 0 heterocycles. The van der Waals surface area contributed by atoms with Gasteiger partial charge in [0.15, 0.2) is 0 Å². The van der Waals surface area contributed by atoms with Crippen molar-refractivity contribution < 1.29 is 4.79 Å². The third-order valence-electron chi connectivity index (χ3n) is 2.17. The summed E-state index contributed by atoms with van der Waals surface area (Å²) in [7, 11) is 0. The van der Waals surface area contributed by atoms with Gasteiger partial charge in [0.1, 0.15) is 0 Å². The highest BCUT2D eigenvalue weighted by atomic mass is 79.9. The molecule has 0 aromatic heterocycles. The van der Waals surface area contributed by atoms with Gasteiger partial charge in [-0.3, -0.25) is 4.79 Å². The number of rotatable bonds is 5. The highest BCUT2D eigenvalue weighted by Gasteiger charge is 2.12. The van der Waals surface area contributed by atoms with Gasteiger partial charge in [0.2, 0.25) is 5.91 Å². The lowest BCUT2D eigenvalue weighted by atomic mass is 10.1. The summed E-state index contributed by atoms with van der Waals surface area (Å²) in [6.45, 7) is 5.88. The van der Waals surface area contributed by atoms with Gasteiger partial charge in [-0.05, 0) is 44.5 Å². The highest BCUT2D eigenvalue weighted by Crippen LogP contribution is 2.20. The van der Waals surface area contributed by atoms with Crippen molar-refractivity contribution in [1.82, 2.24) is 0 Å². The molecule has 1 amide bonds. The Morgan fingerprint density at radius 2 is 2.17 bits per heavy atom. The van der Waals surface area contributed by atoms with Crippen LogP contribution in [0.5, 0.6) is 0 Å². The first-order valence-electron chi connectivity index (χ1n) is 5.70. The Bertz CT molecular complexity index is 429. The number of anilines is 1. The van der Waals surface area contributed by atoms with E-state index in [4.69, 9.17) is 5.73 Å². The van der Waals surface area contributed by atoms with E-state index in [1.807, 2.05) is 39.0 Å². The van der Waals surface area contributed by atoms with Crippen molar-refractivity contribution in [2.24, 2.45) is 5.73 Å². The van der Waals surface area contributed by atoms with E-state index in [0.29, 0.717) is 5.75 Å². The number of amides is 1. The summed E-state index contributed by atoms with van der Waals surface area (Å²) in [6.07, 6.45) is 0. The summed E-state index contributed by atoms with van der Waals surface area (Å²) in [6, 6.07) is 5.79. The second-order valence-electron chi connectivity index (χ2n) is 4.99. The summed E-state index contributed by atoms with van der Waals surface area (Å²) >= 11 is 4.95.